The van der Waals surface area contributed by atoms with Gasteiger partial charge in [-0.3, -0.25) is 0 Å². The number of hydrogen-bond donors (Lipinski definition) is 0. The Kier molecular flexibility index (Phi) is 4.40. The van der Waals surface area contributed by atoms with Gasteiger partial charge in [-0.1, -0.05) is 15.9 Å². The summed E-state index contributed by atoms with van der Waals surface area (Å²) in [5, 5.41) is 0.672. The number of alkyl halides is 1. The van der Waals surface area contributed by atoms with E-state index in [1.165, 1.54) is 6.07 Å². The Hall–Kier alpha value is -0.610. The van der Waals surface area contributed by atoms with Crippen LogP contribution in [0.3, 0.4) is 0 Å². The van der Waals surface area contributed by atoms with E-state index in [-0.39, 0.29) is 11.9 Å². The van der Waals surface area contributed by atoms with Crippen LogP contribution >= 0.6 is 15.9 Å². The van der Waals surface area contributed by atoms with Crippen molar-refractivity contribution in [2.45, 2.75) is 24.8 Å². The van der Waals surface area contributed by atoms with Gasteiger partial charge in [-0.25, -0.2) is 4.39 Å². The summed E-state index contributed by atoms with van der Waals surface area (Å²) in [4.78, 5) is 2.29. The van der Waals surface area contributed by atoms with Crippen molar-refractivity contribution in [3.8, 4) is 0 Å². The quantitative estimate of drug-likeness (QED) is 0.777. The molecule has 1 fully saturated rings. The average molecular weight is 302 g/mol. The molecule has 17 heavy (non-hydrogen) atoms. The Morgan fingerprint density at radius 2 is 2.35 bits per heavy atom. The lowest BCUT2D eigenvalue weighted by molar-refractivity contribution is 0.0821. The number of nitrogens with zero attached hydrogens (tertiary/aromatic N) is 1. The van der Waals surface area contributed by atoms with Gasteiger partial charge in [0, 0.05) is 30.7 Å². The molecule has 0 N–H and O–H groups in total. The van der Waals surface area contributed by atoms with Crippen LogP contribution in [0.2, 0.25) is 0 Å². The van der Waals surface area contributed by atoms with Crippen LogP contribution in [0.1, 0.15) is 18.9 Å². The first-order valence-corrected chi connectivity index (χ1v) is 7.04. The van der Waals surface area contributed by atoms with E-state index >= 15 is 0 Å². The minimum absolute atomic E-state index is 0.178. The monoisotopic (exact) mass is 301 g/mol. The lowest BCUT2D eigenvalue weighted by atomic mass is 10.1. The van der Waals surface area contributed by atoms with Crippen molar-refractivity contribution in [2.24, 2.45) is 0 Å². The summed E-state index contributed by atoms with van der Waals surface area (Å²) >= 11 is 3.42. The SMILES string of the molecule is CC1CN(c2ccc(F)cc2CBr)CCCO1. The van der Waals surface area contributed by atoms with Crippen molar-refractivity contribution in [1.82, 2.24) is 0 Å². The second-order valence-electron chi connectivity index (χ2n) is 4.39. The number of hydrogen-bond acceptors (Lipinski definition) is 2. The van der Waals surface area contributed by atoms with Crippen LogP contribution in [0.15, 0.2) is 18.2 Å². The minimum Gasteiger partial charge on any atom is -0.377 e. The van der Waals surface area contributed by atoms with Crippen LogP contribution in [-0.4, -0.2) is 25.8 Å². The molecule has 0 radical (unpaired) electrons. The summed E-state index contributed by atoms with van der Waals surface area (Å²) in [5.41, 5.74) is 2.11. The lowest BCUT2D eigenvalue weighted by Crippen LogP contribution is -2.30. The summed E-state index contributed by atoms with van der Waals surface area (Å²) in [6, 6.07) is 4.99. The van der Waals surface area contributed by atoms with Crippen LogP contribution in [0.5, 0.6) is 0 Å². The Balaban J connectivity index is 2.25. The van der Waals surface area contributed by atoms with Gasteiger partial charge < -0.3 is 9.64 Å². The lowest BCUT2D eigenvalue weighted by Gasteiger charge is -2.26. The van der Waals surface area contributed by atoms with Gasteiger partial charge in [0.1, 0.15) is 5.82 Å². The maximum Gasteiger partial charge on any atom is 0.123 e. The highest BCUT2D eigenvalue weighted by molar-refractivity contribution is 9.08. The molecule has 1 aromatic rings. The van der Waals surface area contributed by atoms with Crippen molar-refractivity contribution in [1.29, 1.82) is 0 Å². The molecule has 1 aliphatic heterocycles. The Bertz CT molecular complexity index is 386. The van der Waals surface area contributed by atoms with Crippen LogP contribution < -0.4 is 4.90 Å². The van der Waals surface area contributed by atoms with Crippen molar-refractivity contribution in [3.05, 3.63) is 29.6 Å². The smallest absolute Gasteiger partial charge is 0.123 e. The van der Waals surface area contributed by atoms with Gasteiger partial charge in [-0.05, 0) is 37.1 Å². The fourth-order valence-corrected chi connectivity index (χ4v) is 2.63. The Morgan fingerprint density at radius 1 is 1.53 bits per heavy atom. The Morgan fingerprint density at radius 3 is 3.12 bits per heavy atom. The van der Waals surface area contributed by atoms with E-state index in [1.807, 2.05) is 6.07 Å². The first-order chi connectivity index (χ1) is 8.20. The molecule has 2 rings (SSSR count). The van der Waals surface area contributed by atoms with Crippen molar-refractivity contribution >= 4 is 21.6 Å². The molecule has 1 aromatic carbocycles. The molecule has 1 atom stereocenters. The molecule has 0 amide bonds. The van der Waals surface area contributed by atoms with Gasteiger partial charge in [0.2, 0.25) is 0 Å². The number of rotatable bonds is 2. The molecule has 2 nitrogen and oxygen atoms in total. The zero-order valence-electron chi connectivity index (χ0n) is 9.96. The van der Waals surface area contributed by atoms with Crippen LogP contribution in [0.25, 0.3) is 0 Å². The summed E-state index contributed by atoms with van der Waals surface area (Å²) in [6.07, 6.45) is 1.24. The second-order valence-corrected chi connectivity index (χ2v) is 4.95. The number of anilines is 1. The molecule has 1 aliphatic rings. The van der Waals surface area contributed by atoms with E-state index in [1.54, 1.807) is 6.07 Å². The predicted octanol–water partition coefficient (Wildman–Crippen LogP) is 3.34. The van der Waals surface area contributed by atoms with Crippen molar-refractivity contribution < 1.29 is 9.13 Å². The number of halogens is 2. The molecule has 1 heterocycles. The number of ether oxygens (including phenoxy) is 1. The molecule has 0 bridgehead atoms. The molecule has 1 saturated heterocycles. The normalized spacial score (nSPS) is 21.4. The molecule has 0 aromatic heterocycles. The molecule has 0 saturated carbocycles. The summed E-state index contributed by atoms with van der Waals surface area (Å²) in [6.45, 7) is 4.72. The largest absolute Gasteiger partial charge is 0.377 e. The highest BCUT2D eigenvalue weighted by Gasteiger charge is 2.17. The maximum atomic E-state index is 13.2. The summed E-state index contributed by atoms with van der Waals surface area (Å²) in [7, 11) is 0. The fraction of sp³-hybridized carbons (Fsp3) is 0.538. The highest BCUT2D eigenvalue weighted by atomic mass is 79.9. The standard InChI is InChI=1S/C13H17BrFNO/c1-10-9-16(5-2-6-17-10)13-4-3-12(15)7-11(13)8-14/h3-4,7,10H,2,5-6,8-9H2,1H3. The topological polar surface area (TPSA) is 12.5 Å². The Labute approximate surface area is 110 Å². The third-order valence-electron chi connectivity index (χ3n) is 2.98. The van der Waals surface area contributed by atoms with Gasteiger partial charge in [-0.2, -0.15) is 0 Å². The fourth-order valence-electron chi connectivity index (χ4n) is 2.18. The van der Waals surface area contributed by atoms with Gasteiger partial charge in [0.15, 0.2) is 0 Å². The summed E-state index contributed by atoms with van der Waals surface area (Å²) in [5.74, 6) is -0.178. The van der Waals surface area contributed by atoms with Gasteiger partial charge >= 0.3 is 0 Å². The van der Waals surface area contributed by atoms with E-state index in [9.17, 15) is 4.39 Å². The second kappa shape index (κ2) is 5.83. The molecule has 94 valence electrons. The van der Waals surface area contributed by atoms with Crippen molar-refractivity contribution in [3.63, 3.8) is 0 Å². The molecule has 0 aliphatic carbocycles. The van der Waals surface area contributed by atoms with Gasteiger partial charge in [-0.15, -0.1) is 0 Å². The van der Waals surface area contributed by atoms with E-state index in [0.717, 1.165) is 37.4 Å². The molecular weight excluding hydrogens is 285 g/mol. The number of benzene rings is 1. The predicted molar refractivity (Wildman–Crippen MR) is 71.3 cm³/mol. The van der Waals surface area contributed by atoms with E-state index < -0.39 is 0 Å². The third-order valence-corrected chi connectivity index (χ3v) is 3.58. The molecule has 0 spiro atoms. The van der Waals surface area contributed by atoms with Gasteiger partial charge in [0.05, 0.1) is 6.10 Å². The van der Waals surface area contributed by atoms with Crippen LogP contribution in [0.4, 0.5) is 10.1 Å². The van der Waals surface area contributed by atoms with Crippen LogP contribution in [-0.2, 0) is 10.1 Å². The van der Waals surface area contributed by atoms with E-state index in [2.05, 4.69) is 27.8 Å². The maximum absolute atomic E-state index is 13.2. The van der Waals surface area contributed by atoms with Crippen LogP contribution in [0, 0.1) is 5.82 Å². The first kappa shape index (κ1) is 12.8. The molecular formula is C13H17BrFNO. The molecule has 4 heteroatoms. The molecule has 1 unspecified atom stereocenters. The van der Waals surface area contributed by atoms with E-state index in [0.29, 0.717) is 5.33 Å². The van der Waals surface area contributed by atoms with E-state index in [4.69, 9.17) is 4.74 Å². The summed E-state index contributed by atoms with van der Waals surface area (Å²) < 4.78 is 18.8. The van der Waals surface area contributed by atoms with Gasteiger partial charge in [0.25, 0.3) is 0 Å². The highest BCUT2D eigenvalue weighted by Crippen LogP contribution is 2.25. The minimum atomic E-state index is -0.178. The average Bonchev–Trinajstić information content (AvgIpc) is 2.53. The third kappa shape index (κ3) is 3.19. The first-order valence-electron chi connectivity index (χ1n) is 5.91. The zero-order valence-corrected chi connectivity index (χ0v) is 11.5. The zero-order chi connectivity index (χ0) is 12.3. The van der Waals surface area contributed by atoms with Crippen molar-refractivity contribution in [2.75, 3.05) is 24.6 Å².